The quantitative estimate of drug-likeness (QED) is 0.0487. The molecule has 4 nitrogen and oxygen atoms in total. The second-order valence-corrected chi connectivity index (χ2v) is 13.3. The van der Waals surface area contributed by atoms with Crippen LogP contribution in [0, 0.1) is 5.92 Å². The van der Waals surface area contributed by atoms with E-state index >= 15 is 0 Å². The van der Waals surface area contributed by atoms with Crippen LogP contribution in [0.25, 0.3) is 0 Å². The summed E-state index contributed by atoms with van der Waals surface area (Å²) >= 11 is 2.06. The number of methoxy groups -OCH3 is 1. The van der Waals surface area contributed by atoms with Crippen LogP contribution in [0.15, 0.2) is 0 Å². The molecule has 0 aliphatic rings. The first-order chi connectivity index (χ1) is 19.0. The largest absolute Gasteiger partial charge is 0.469 e. The Morgan fingerprint density at radius 1 is 0.641 bits per heavy atom. The molecule has 0 aliphatic heterocycles. The Kier molecular flexibility index (Phi) is 29.0. The van der Waals surface area contributed by atoms with Crippen LogP contribution in [-0.2, 0) is 9.53 Å². The lowest BCUT2D eigenvalue weighted by molar-refractivity contribution is -0.141. The Balaban J connectivity index is 5.14. The minimum Gasteiger partial charge on any atom is -0.469 e. The molecule has 0 fully saturated rings. The van der Waals surface area contributed by atoms with Gasteiger partial charge in [-0.1, -0.05) is 142 Å². The van der Waals surface area contributed by atoms with Crippen molar-refractivity contribution in [1.29, 1.82) is 0 Å². The summed E-state index contributed by atoms with van der Waals surface area (Å²) in [5, 5.41) is 0. The van der Waals surface area contributed by atoms with E-state index in [-0.39, 0.29) is 12.0 Å². The number of esters is 1. The van der Waals surface area contributed by atoms with E-state index in [2.05, 4.69) is 56.0 Å². The molecule has 0 radical (unpaired) electrons. The van der Waals surface area contributed by atoms with Gasteiger partial charge in [0.1, 0.15) is 0 Å². The van der Waals surface area contributed by atoms with E-state index < -0.39 is 0 Å². The van der Waals surface area contributed by atoms with Gasteiger partial charge >= 0.3 is 5.97 Å². The van der Waals surface area contributed by atoms with Crippen molar-refractivity contribution in [2.45, 2.75) is 168 Å². The van der Waals surface area contributed by atoms with Gasteiger partial charge in [0.2, 0.25) is 0 Å². The number of nitrogens with zero attached hydrogens (tertiary/aromatic N) is 2. The highest BCUT2D eigenvalue weighted by molar-refractivity contribution is 7.97. The molecule has 234 valence electrons. The van der Waals surface area contributed by atoms with Crippen LogP contribution < -0.4 is 0 Å². The zero-order valence-corrected chi connectivity index (χ0v) is 28.3. The normalized spacial score (nSPS) is 13.3. The van der Waals surface area contributed by atoms with Crippen LogP contribution >= 0.6 is 11.9 Å². The van der Waals surface area contributed by atoms with Crippen molar-refractivity contribution >= 4 is 17.9 Å². The maximum absolute atomic E-state index is 12.4. The van der Waals surface area contributed by atoms with Gasteiger partial charge in [-0.25, -0.2) is 4.31 Å². The predicted octanol–water partition coefficient (Wildman–Crippen LogP) is 10.3. The van der Waals surface area contributed by atoms with E-state index in [1.165, 1.54) is 128 Å². The van der Waals surface area contributed by atoms with Gasteiger partial charge in [-0.3, -0.25) is 4.79 Å². The molecule has 0 rings (SSSR count). The summed E-state index contributed by atoms with van der Waals surface area (Å²) < 4.78 is 7.77. The maximum Gasteiger partial charge on any atom is 0.307 e. The Morgan fingerprint density at radius 2 is 1.10 bits per heavy atom. The van der Waals surface area contributed by atoms with Crippen molar-refractivity contribution in [2.75, 3.05) is 40.0 Å². The molecule has 0 heterocycles. The molecule has 0 aliphatic carbocycles. The second kappa shape index (κ2) is 29.2. The molecular formula is C34H70N2O2S. The topological polar surface area (TPSA) is 32.8 Å². The average Bonchev–Trinajstić information content (AvgIpc) is 2.92. The first kappa shape index (κ1) is 38.7. The summed E-state index contributed by atoms with van der Waals surface area (Å²) in [4.78, 5) is 14.7. The summed E-state index contributed by atoms with van der Waals surface area (Å²) in [5.41, 5.74) is 0. The highest BCUT2D eigenvalue weighted by Crippen LogP contribution is 2.29. The Bertz CT molecular complexity index is 517. The van der Waals surface area contributed by atoms with Crippen molar-refractivity contribution < 1.29 is 9.53 Å². The highest BCUT2D eigenvalue weighted by atomic mass is 32.2. The monoisotopic (exact) mass is 571 g/mol. The first-order valence-electron chi connectivity index (χ1n) is 17.1. The molecule has 0 aromatic carbocycles. The molecule has 0 aromatic heterocycles. The maximum atomic E-state index is 12.4. The van der Waals surface area contributed by atoms with E-state index in [4.69, 9.17) is 4.74 Å². The summed E-state index contributed by atoms with van der Waals surface area (Å²) in [5.74, 6) is 1.95. The molecule has 39 heavy (non-hydrogen) atoms. The Labute approximate surface area is 250 Å². The molecule has 0 N–H and O–H groups in total. The van der Waals surface area contributed by atoms with Crippen LogP contribution in [0.3, 0.4) is 0 Å². The van der Waals surface area contributed by atoms with Crippen molar-refractivity contribution in [3.05, 3.63) is 0 Å². The summed E-state index contributed by atoms with van der Waals surface area (Å²) in [6.07, 6.45) is 28.5. The van der Waals surface area contributed by atoms with E-state index in [1.807, 2.05) is 0 Å². The standard InChI is InChI=1S/C34H70N2O2S/c1-7-10-13-16-18-20-23-27-33(30-34(37)38-6)36(29-24-28-35(4)5)39-31-32(25-21-15-12-9-3)26-22-19-17-14-11-8-2/h32-33H,7-31H2,1-6H3. The number of hydrogen-bond acceptors (Lipinski definition) is 5. The van der Waals surface area contributed by atoms with Crippen molar-refractivity contribution in [1.82, 2.24) is 9.21 Å². The smallest absolute Gasteiger partial charge is 0.307 e. The zero-order chi connectivity index (χ0) is 29.0. The van der Waals surface area contributed by atoms with Crippen molar-refractivity contribution in [3.63, 3.8) is 0 Å². The SMILES string of the molecule is CCCCCCCCCC(CC(=O)OC)N(CCCN(C)C)SCC(CCCCCC)CCCCCCCC. The minimum atomic E-state index is -0.0515. The molecular weight excluding hydrogens is 500 g/mol. The molecule has 0 aromatic rings. The van der Waals surface area contributed by atoms with Gasteiger partial charge in [0.15, 0.2) is 0 Å². The van der Waals surface area contributed by atoms with Gasteiger partial charge in [0, 0.05) is 18.3 Å². The third-order valence-electron chi connectivity index (χ3n) is 8.07. The fourth-order valence-electron chi connectivity index (χ4n) is 5.44. The average molecular weight is 571 g/mol. The lowest BCUT2D eigenvalue weighted by Crippen LogP contribution is -2.35. The van der Waals surface area contributed by atoms with E-state index in [0.29, 0.717) is 6.42 Å². The van der Waals surface area contributed by atoms with Crippen LogP contribution in [0.2, 0.25) is 0 Å². The second-order valence-electron chi connectivity index (χ2n) is 12.2. The van der Waals surface area contributed by atoms with Gasteiger partial charge in [-0.15, -0.1) is 0 Å². The van der Waals surface area contributed by atoms with E-state index in [9.17, 15) is 4.79 Å². The summed E-state index contributed by atoms with van der Waals surface area (Å²) in [6.45, 7) is 9.04. The number of carbonyl (C=O) groups excluding carboxylic acids is 1. The number of ether oxygens (including phenoxy) is 1. The fourth-order valence-corrected chi connectivity index (χ4v) is 6.83. The molecule has 2 unspecified atom stereocenters. The van der Waals surface area contributed by atoms with Crippen LogP contribution in [0.5, 0.6) is 0 Å². The van der Waals surface area contributed by atoms with E-state index in [0.717, 1.165) is 31.8 Å². The first-order valence-corrected chi connectivity index (χ1v) is 18.0. The lowest BCUT2D eigenvalue weighted by atomic mass is 9.96. The van der Waals surface area contributed by atoms with Gasteiger partial charge < -0.3 is 9.64 Å². The lowest BCUT2D eigenvalue weighted by Gasteiger charge is -2.32. The highest BCUT2D eigenvalue weighted by Gasteiger charge is 2.23. The molecule has 0 bridgehead atoms. The molecule has 2 atom stereocenters. The Morgan fingerprint density at radius 3 is 1.59 bits per heavy atom. The summed E-state index contributed by atoms with van der Waals surface area (Å²) in [7, 11) is 5.87. The predicted molar refractivity (Wildman–Crippen MR) is 176 cm³/mol. The number of carbonyl (C=O) groups is 1. The zero-order valence-electron chi connectivity index (χ0n) is 27.5. The van der Waals surface area contributed by atoms with Gasteiger partial charge in [0.25, 0.3) is 0 Å². The molecule has 0 amide bonds. The van der Waals surface area contributed by atoms with Gasteiger partial charge in [0.05, 0.1) is 13.5 Å². The van der Waals surface area contributed by atoms with Crippen molar-refractivity contribution in [3.8, 4) is 0 Å². The number of rotatable bonds is 30. The van der Waals surface area contributed by atoms with Crippen LogP contribution in [0.1, 0.15) is 162 Å². The third kappa shape index (κ3) is 25.2. The van der Waals surface area contributed by atoms with Gasteiger partial charge in [-0.05, 0) is 52.2 Å². The molecule has 0 saturated carbocycles. The van der Waals surface area contributed by atoms with E-state index in [1.54, 1.807) is 7.11 Å². The molecule has 5 heteroatoms. The van der Waals surface area contributed by atoms with Crippen LogP contribution in [-0.4, -0.2) is 61.3 Å². The van der Waals surface area contributed by atoms with Crippen LogP contribution in [0.4, 0.5) is 0 Å². The molecule has 0 saturated heterocycles. The minimum absolute atomic E-state index is 0.0515. The van der Waals surface area contributed by atoms with Gasteiger partial charge in [-0.2, -0.15) is 0 Å². The third-order valence-corrected chi connectivity index (χ3v) is 9.50. The number of unbranched alkanes of at least 4 members (excludes halogenated alkanes) is 14. The van der Waals surface area contributed by atoms with Crippen molar-refractivity contribution in [2.24, 2.45) is 5.92 Å². The Hall–Kier alpha value is -0.260. The summed E-state index contributed by atoms with van der Waals surface area (Å²) in [6, 6.07) is 0.287. The molecule has 0 spiro atoms. The number of hydrogen-bond donors (Lipinski definition) is 0. The fraction of sp³-hybridized carbons (Fsp3) is 0.971.